The smallest absolute Gasteiger partial charge is 0.204 e. The van der Waals surface area contributed by atoms with Gasteiger partial charge in [-0.15, -0.1) is 11.3 Å². The second-order valence-electron chi connectivity index (χ2n) is 1.57. The van der Waals surface area contributed by atoms with E-state index in [9.17, 15) is 8.78 Å². The molecule has 0 fully saturated rings. The Kier molecular flexibility index (Phi) is 2.50. The first kappa shape index (κ1) is 8.24. The lowest BCUT2D eigenvalue weighted by Gasteiger charge is -1.87. The van der Waals surface area contributed by atoms with Gasteiger partial charge in [-0.3, -0.25) is 0 Å². The third-order valence-corrected chi connectivity index (χ3v) is 2.75. The SMILES string of the molecule is FC(F)c1cc(Cl)c(Cl)s1. The number of rotatable bonds is 1. The van der Waals surface area contributed by atoms with Crippen molar-refractivity contribution in [2.45, 2.75) is 6.43 Å². The molecule has 5 heteroatoms. The first-order chi connectivity index (χ1) is 4.61. The fourth-order valence-corrected chi connectivity index (χ4v) is 1.72. The van der Waals surface area contributed by atoms with Crippen LogP contribution in [-0.4, -0.2) is 0 Å². The van der Waals surface area contributed by atoms with E-state index >= 15 is 0 Å². The second-order valence-corrected chi connectivity index (χ2v) is 3.66. The van der Waals surface area contributed by atoms with E-state index in [-0.39, 0.29) is 14.2 Å². The van der Waals surface area contributed by atoms with Crippen molar-refractivity contribution in [2.75, 3.05) is 0 Å². The van der Waals surface area contributed by atoms with Crippen LogP contribution in [0.5, 0.6) is 0 Å². The minimum absolute atomic E-state index is 0.0880. The lowest BCUT2D eigenvalue weighted by Crippen LogP contribution is -1.72. The molecule has 0 saturated heterocycles. The van der Waals surface area contributed by atoms with E-state index in [0.717, 1.165) is 11.3 Å². The predicted octanol–water partition coefficient (Wildman–Crippen LogP) is 3.99. The van der Waals surface area contributed by atoms with E-state index in [1.165, 1.54) is 6.07 Å². The van der Waals surface area contributed by atoms with Gasteiger partial charge in [0.05, 0.1) is 9.90 Å². The number of alkyl halides is 2. The number of halogens is 4. The largest absolute Gasteiger partial charge is 0.272 e. The Hall–Kier alpha value is 0.140. The molecule has 0 atom stereocenters. The van der Waals surface area contributed by atoms with Gasteiger partial charge >= 0.3 is 0 Å². The lowest BCUT2D eigenvalue weighted by atomic mass is 10.5. The van der Waals surface area contributed by atoms with Crippen molar-refractivity contribution in [3.05, 3.63) is 20.3 Å². The van der Waals surface area contributed by atoms with Gasteiger partial charge in [0.15, 0.2) is 0 Å². The Labute approximate surface area is 70.4 Å². The average Bonchev–Trinajstić information content (AvgIpc) is 2.13. The minimum atomic E-state index is -2.48. The normalized spacial score (nSPS) is 10.9. The highest BCUT2D eigenvalue weighted by Crippen LogP contribution is 2.36. The summed E-state index contributed by atoms with van der Waals surface area (Å²) >= 11 is 11.7. The molecule has 0 radical (unpaired) electrons. The molecule has 0 N–H and O–H groups in total. The first-order valence-electron chi connectivity index (χ1n) is 2.34. The summed E-state index contributed by atoms with van der Waals surface area (Å²) in [5.41, 5.74) is 0. The molecule has 0 nitrogen and oxygen atoms in total. The van der Waals surface area contributed by atoms with Crippen LogP contribution >= 0.6 is 34.5 Å². The predicted molar refractivity (Wildman–Crippen MR) is 39.3 cm³/mol. The standard InChI is InChI=1S/C5H2Cl2F2S/c6-2-1-3(5(8)9)10-4(2)7/h1,5H. The molecule has 0 unspecified atom stereocenters. The third kappa shape index (κ3) is 1.59. The fourth-order valence-electron chi connectivity index (χ4n) is 0.471. The monoisotopic (exact) mass is 202 g/mol. The summed E-state index contributed by atoms with van der Waals surface area (Å²) in [7, 11) is 0. The zero-order valence-corrected chi connectivity index (χ0v) is 6.90. The second kappa shape index (κ2) is 3.03. The molecule has 0 aromatic carbocycles. The molecule has 0 bridgehead atoms. The van der Waals surface area contributed by atoms with Crippen molar-refractivity contribution in [1.82, 2.24) is 0 Å². The summed E-state index contributed by atoms with van der Waals surface area (Å²) in [6.45, 7) is 0. The van der Waals surface area contributed by atoms with E-state index < -0.39 is 6.43 Å². The van der Waals surface area contributed by atoms with Gasteiger partial charge in [0.1, 0.15) is 4.34 Å². The van der Waals surface area contributed by atoms with Crippen LogP contribution in [0.1, 0.15) is 11.3 Å². The zero-order chi connectivity index (χ0) is 7.72. The van der Waals surface area contributed by atoms with E-state index in [4.69, 9.17) is 23.2 Å². The fraction of sp³-hybridized carbons (Fsp3) is 0.200. The molecule has 0 saturated carbocycles. The van der Waals surface area contributed by atoms with Crippen molar-refractivity contribution < 1.29 is 8.78 Å². The van der Waals surface area contributed by atoms with Gasteiger partial charge in [0.2, 0.25) is 0 Å². The van der Waals surface area contributed by atoms with Crippen LogP contribution in [0.3, 0.4) is 0 Å². The molecule has 1 aromatic heterocycles. The van der Waals surface area contributed by atoms with Gasteiger partial charge in [-0.2, -0.15) is 0 Å². The molecule has 10 heavy (non-hydrogen) atoms. The Balaban J connectivity index is 2.98. The van der Waals surface area contributed by atoms with Crippen LogP contribution in [-0.2, 0) is 0 Å². The molecule has 0 aliphatic rings. The molecule has 0 aliphatic heterocycles. The summed E-state index contributed by atoms with van der Waals surface area (Å²) < 4.78 is 23.9. The van der Waals surface area contributed by atoms with Crippen LogP contribution in [0.15, 0.2) is 6.07 Å². The molecule has 56 valence electrons. The molecule has 1 rings (SSSR count). The Morgan fingerprint density at radius 2 is 2.00 bits per heavy atom. The van der Waals surface area contributed by atoms with Gasteiger partial charge in [-0.1, -0.05) is 23.2 Å². The quantitative estimate of drug-likeness (QED) is 0.647. The van der Waals surface area contributed by atoms with Crippen LogP contribution in [0.25, 0.3) is 0 Å². The first-order valence-corrected chi connectivity index (χ1v) is 3.91. The van der Waals surface area contributed by atoms with Crippen molar-refractivity contribution in [1.29, 1.82) is 0 Å². The van der Waals surface area contributed by atoms with Gasteiger partial charge in [-0.25, -0.2) is 8.78 Å². The summed E-state index contributed by atoms with van der Waals surface area (Å²) in [6, 6.07) is 1.18. The highest BCUT2D eigenvalue weighted by Gasteiger charge is 2.12. The third-order valence-electron chi connectivity index (χ3n) is 0.879. The van der Waals surface area contributed by atoms with Crippen LogP contribution in [0, 0.1) is 0 Å². The van der Waals surface area contributed by atoms with E-state index in [1.807, 2.05) is 0 Å². The van der Waals surface area contributed by atoms with Crippen LogP contribution in [0.4, 0.5) is 8.78 Å². The molecule has 0 aliphatic carbocycles. The lowest BCUT2D eigenvalue weighted by molar-refractivity contribution is 0.155. The molecule has 0 amide bonds. The van der Waals surface area contributed by atoms with E-state index in [2.05, 4.69) is 0 Å². The average molecular weight is 203 g/mol. The molecule has 1 aromatic rings. The summed E-state index contributed by atoms with van der Waals surface area (Å²) in [6.07, 6.45) is -2.48. The van der Waals surface area contributed by atoms with Gasteiger partial charge in [-0.05, 0) is 6.07 Å². The number of hydrogen-bond acceptors (Lipinski definition) is 1. The summed E-state index contributed by atoms with van der Waals surface area (Å²) in [4.78, 5) is -0.0880. The van der Waals surface area contributed by atoms with E-state index in [0.29, 0.717) is 0 Å². The highest BCUT2D eigenvalue weighted by atomic mass is 35.5. The maximum absolute atomic E-state index is 11.9. The maximum atomic E-state index is 11.9. The van der Waals surface area contributed by atoms with Crippen molar-refractivity contribution in [3.8, 4) is 0 Å². The topological polar surface area (TPSA) is 0 Å². The van der Waals surface area contributed by atoms with Gasteiger partial charge in [0, 0.05) is 0 Å². The molecule has 0 spiro atoms. The van der Waals surface area contributed by atoms with Crippen LogP contribution < -0.4 is 0 Å². The Morgan fingerprint density at radius 1 is 1.40 bits per heavy atom. The molecular weight excluding hydrogens is 201 g/mol. The minimum Gasteiger partial charge on any atom is -0.204 e. The maximum Gasteiger partial charge on any atom is 0.272 e. The van der Waals surface area contributed by atoms with E-state index in [1.54, 1.807) is 0 Å². The van der Waals surface area contributed by atoms with Crippen LogP contribution in [0.2, 0.25) is 9.36 Å². The van der Waals surface area contributed by atoms with Crippen molar-refractivity contribution in [2.24, 2.45) is 0 Å². The Morgan fingerprint density at radius 3 is 2.20 bits per heavy atom. The van der Waals surface area contributed by atoms with Crippen molar-refractivity contribution in [3.63, 3.8) is 0 Å². The molecule has 1 heterocycles. The number of thiophene rings is 1. The Bertz CT molecular complexity index is 214. The molecular formula is C5H2Cl2F2S. The van der Waals surface area contributed by atoms with Gasteiger partial charge in [0.25, 0.3) is 6.43 Å². The zero-order valence-electron chi connectivity index (χ0n) is 4.57. The number of hydrogen-bond donors (Lipinski definition) is 0. The van der Waals surface area contributed by atoms with Gasteiger partial charge < -0.3 is 0 Å². The summed E-state index contributed by atoms with van der Waals surface area (Å²) in [5, 5.41) is 0.196. The summed E-state index contributed by atoms with van der Waals surface area (Å²) in [5.74, 6) is 0. The highest BCUT2D eigenvalue weighted by molar-refractivity contribution is 7.17. The van der Waals surface area contributed by atoms with Crippen molar-refractivity contribution >= 4 is 34.5 Å².